The molecule has 2 aromatic rings. The summed E-state index contributed by atoms with van der Waals surface area (Å²) >= 11 is 0. The molecule has 0 aliphatic heterocycles. The Labute approximate surface area is 113 Å². The number of nitrogens with one attached hydrogen (secondary N) is 1. The molecule has 4 heteroatoms. The summed E-state index contributed by atoms with van der Waals surface area (Å²) in [5.41, 5.74) is 2.10. The molecule has 1 heterocycles. The molecule has 0 aliphatic carbocycles. The van der Waals surface area contributed by atoms with E-state index >= 15 is 0 Å². The first-order valence-corrected chi connectivity index (χ1v) is 6.49. The molecule has 1 aromatic carbocycles. The van der Waals surface area contributed by atoms with Crippen LogP contribution in [0.2, 0.25) is 0 Å². The highest BCUT2D eigenvalue weighted by molar-refractivity contribution is 5.66. The third-order valence-electron chi connectivity index (χ3n) is 3.02. The molecule has 0 radical (unpaired) electrons. The molecule has 2 rings (SSSR count). The minimum Gasteiger partial charge on any atom is -0.496 e. The van der Waals surface area contributed by atoms with Crippen LogP contribution in [0, 0.1) is 6.92 Å². The summed E-state index contributed by atoms with van der Waals surface area (Å²) in [6.45, 7) is 7.02. The molecule has 102 valence electrons. The number of methoxy groups -OCH3 is 1. The molecule has 0 fully saturated rings. The smallest absolute Gasteiger partial charge is 0.211 e. The van der Waals surface area contributed by atoms with Gasteiger partial charge in [0, 0.05) is 0 Å². The molecule has 19 heavy (non-hydrogen) atoms. The van der Waals surface area contributed by atoms with Crippen molar-refractivity contribution in [2.24, 2.45) is 0 Å². The Balaban J connectivity index is 2.34. The van der Waals surface area contributed by atoms with Crippen molar-refractivity contribution in [1.29, 1.82) is 0 Å². The number of hydrogen-bond acceptors (Lipinski definition) is 4. The van der Waals surface area contributed by atoms with Crippen molar-refractivity contribution < 1.29 is 9.15 Å². The van der Waals surface area contributed by atoms with Gasteiger partial charge in [-0.25, -0.2) is 4.98 Å². The molecule has 4 nitrogen and oxygen atoms in total. The summed E-state index contributed by atoms with van der Waals surface area (Å²) in [7, 11) is 1.66. The molecule has 0 amide bonds. The molecular formula is C15H20N2O2. The van der Waals surface area contributed by atoms with Crippen LogP contribution in [-0.2, 0) is 0 Å². The van der Waals surface area contributed by atoms with Crippen LogP contribution in [0.1, 0.15) is 31.3 Å². The summed E-state index contributed by atoms with van der Waals surface area (Å²) < 4.78 is 11.2. The van der Waals surface area contributed by atoms with Crippen LogP contribution < -0.4 is 10.1 Å². The van der Waals surface area contributed by atoms with Crippen LogP contribution >= 0.6 is 0 Å². The van der Waals surface area contributed by atoms with E-state index in [2.05, 4.69) is 17.2 Å². The van der Waals surface area contributed by atoms with Gasteiger partial charge in [0.05, 0.1) is 24.9 Å². The number of ether oxygens (including phenoxy) is 1. The Morgan fingerprint density at radius 2 is 2.21 bits per heavy atom. The molecule has 0 spiro atoms. The Bertz CT molecular complexity index is 549. The normalized spacial score (nSPS) is 12.4. The van der Waals surface area contributed by atoms with Crippen molar-refractivity contribution >= 4 is 0 Å². The Morgan fingerprint density at radius 1 is 1.42 bits per heavy atom. The maximum absolute atomic E-state index is 5.83. The van der Waals surface area contributed by atoms with Gasteiger partial charge in [-0.3, -0.25) is 0 Å². The minimum absolute atomic E-state index is 0.106. The number of nitrogens with zero attached hydrogens (tertiary/aromatic N) is 1. The van der Waals surface area contributed by atoms with Crippen LogP contribution in [0.25, 0.3) is 11.3 Å². The quantitative estimate of drug-likeness (QED) is 0.895. The predicted molar refractivity (Wildman–Crippen MR) is 75.3 cm³/mol. The zero-order valence-electron chi connectivity index (χ0n) is 11.9. The van der Waals surface area contributed by atoms with E-state index in [0.717, 1.165) is 29.2 Å². The summed E-state index contributed by atoms with van der Waals surface area (Å²) in [6, 6.07) is 6.11. The van der Waals surface area contributed by atoms with Gasteiger partial charge in [0.15, 0.2) is 5.76 Å². The third-order valence-corrected chi connectivity index (χ3v) is 3.02. The van der Waals surface area contributed by atoms with Gasteiger partial charge in [0.25, 0.3) is 0 Å². The highest BCUT2D eigenvalue weighted by Crippen LogP contribution is 2.32. The molecule has 0 bridgehead atoms. The number of rotatable bonds is 5. The molecule has 1 atom stereocenters. The van der Waals surface area contributed by atoms with Crippen LogP contribution in [0.5, 0.6) is 5.75 Å². The highest BCUT2D eigenvalue weighted by Gasteiger charge is 2.15. The number of benzene rings is 1. The number of aryl methyl sites for hydroxylation is 1. The summed E-state index contributed by atoms with van der Waals surface area (Å²) in [4.78, 5) is 4.33. The number of hydrogen-bond donors (Lipinski definition) is 1. The fourth-order valence-corrected chi connectivity index (χ4v) is 2.02. The topological polar surface area (TPSA) is 47.3 Å². The molecule has 1 unspecified atom stereocenters. The Hall–Kier alpha value is -1.81. The highest BCUT2D eigenvalue weighted by atomic mass is 16.5. The predicted octanol–water partition coefficient (Wildman–Crippen LogP) is 3.33. The van der Waals surface area contributed by atoms with Crippen LogP contribution in [0.3, 0.4) is 0 Å². The van der Waals surface area contributed by atoms with Crippen molar-refractivity contribution in [2.75, 3.05) is 13.7 Å². The lowest BCUT2D eigenvalue weighted by atomic mass is 10.1. The van der Waals surface area contributed by atoms with Gasteiger partial charge in [-0.15, -0.1) is 0 Å². The molecule has 0 aliphatic rings. The number of oxazole rings is 1. The number of aromatic nitrogens is 1. The van der Waals surface area contributed by atoms with Crippen LogP contribution in [0.4, 0.5) is 0 Å². The molecule has 1 N–H and O–H groups in total. The molecule has 1 aromatic heterocycles. The Morgan fingerprint density at radius 3 is 2.89 bits per heavy atom. The molecule has 0 saturated carbocycles. The standard InChI is InChI=1S/C15H20N2O2/c1-5-16-11(3)15-17-9-14(19-15)12-8-10(2)6-7-13(12)18-4/h6-9,11,16H,5H2,1-4H3. The van der Waals surface area contributed by atoms with Gasteiger partial charge in [-0.05, 0) is 32.5 Å². The van der Waals surface area contributed by atoms with Crippen molar-refractivity contribution in [3.8, 4) is 17.1 Å². The zero-order valence-corrected chi connectivity index (χ0v) is 11.9. The van der Waals surface area contributed by atoms with Gasteiger partial charge in [-0.2, -0.15) is 0 Å². The Kier molecular flexibility index (Phi) is 4.22. The van der Waals surface area contributed by atoms with E-state index < -0.39 is 0 Å². The SMILES string of the molecule is CCNC(C)c1ncc(-c2cc(C)ccc2OC)o1. The van der Waals surface area contributed by atoms with Crippen molar-refractivity contribution in [3.05, 3.63) is 35.9 Å². The van der Waals surface area contributed by atoms with E-state index in [9.17, 15) is 0 Å². The first-order valence-electron chi connectivity index (χ1n) is 6.49. The average molecular weight is 260 g/mol. The van der Waals surface area contributed by atoms with Crippen molar-refractivity contribution in [1.82, 2.24) is 10.3 Å². The average Bonchev–Trinajstić information content (AvgIpc) is 2.88. The first-order chi connectivity index (χ1) is 9.15. The lowest BCUT2D eigenvalue weighted by Gasteiger charge is -2.08. The lowest BCUT2D eigenvalue weighted by molar-refractivity contribution is 0.408. The fraction of sp³-hybridized carbons (Fsp3) is 0.400. The summed E-state index contributed by atoms with van der Waals surface area (Å²) in [6.07, 6.45) is 1.75. The van der Waals surface area contributed by atoms with E-state index in [1.165, 1.54) is 0 Å². The first kappa shape index (κ1) is 13.6. The van der Waals surface area contributed by atoms with E-state index in [1.54, 1.807) is 13.3 Å². The van der Waals surface area contributed by atoms with E-state index in [1.807, 2.05) is 32.0 Å². The van der Waals surface area contributed by atoms with E-state index in [0.29, 0.717) is 5.89 Å². The fourth-order valence-electron chi connectivity index (χ4n) is 2.02. The molecule has 0 saturated heterocycles. The second kappa shape index (κ2) is 5.89. The third kappa shape index (κ3) is 2.96. The molecular weight excluding hydrogens is 240 g/mol. The maximum Gasteiger partial charge on any atom is 0.211 e. The second-order valence-electron chi connectivity index (χ2n) is 4.55. The maximum atomic E-state index is 5.83. The van der Waals surface area contributed by atoms with Gasteiger partial charge in [-0.1, -0.05) is 18.6 Å². The monoisotopic (exact) mass is 260 g/mol. The van der Waals surface area contributed by atoms with Gasteiger partial charge >= 0.3 is 0 Å². The summed E-state index contributed by atoms with van der Waals surface area (Å²) in [5.74, 6) is 2.23. The van der Waals surface area contributed by atoms with Crippen LogP contribution in [0.15, 0.2) is 28.8 Å². The van der Waals surface area contributed by atoms with Crippen molar-refractivity contribution in [2.45, 2.75) is 26.8 Å². The second-order valence-corrected chi connectivity index (χ2v) is 4.55. The van der Waals surface area contributed by atoms with E-state index in [-0.39, 0.29) is 6.04 Å². The van der Waals surface area contributed by atoms with Gasteiger partial charge < -0.3 is 14.5 Å². The van der Waals surface area contributed by atoms with Gasteiger partial charge in [0.2, 0.25) is 5.89 Å². The van der Waals surface area contributed by atoms with Crippen molar-refractivity contribution in [3.63, 3.8) is 0 Å². The van der Waals surface area contributed by atoms with E-state index in [4.69, 9.17) is 9.15 Å². The summed E-state index contributed by atoms with van der Waals surface area (Å²) in [5, 5.41) is 3.28. The zero-order chi connectivity index (χ0) is 13.8. The van der Waals surface area contributed by atoms with Gasteiger partial charge in [0.1, 0.15) is 5.75 Å². The minimum atomic E-state index is 0.106. The lowest BCUT2D eigenvalue weighted by Crippen LogP contribution is -2.17. The largest absolute Gasteiger partial charge is 0.496 e. The van der Waals surface area contributed by atoms with Crippen LogP contribution in [-0.4, -0.2) is 18.6 Å².